The highest BCUT2D eigenvalue weighted by atomic mass is 19.1. The molecule has 0 aliphatic rings. The summed E-state index contributed by atoms with van der Waals surface area (Å²) in [5, 5.41) is 2.96. The summed E-state index contributed by atoms with van der Waals surface area (Å²) in [5.74, 6) is -1.73. The Morgan fingerprint density at radius 3 is 2.00 bits per heavy atom. The Labute approximate surface area is 199 Å². The molecule has 3 aromatic rings. The normalized spacial score (nSPS) is 12.6. The molecule has 0 bridgehead atoms. The van der Waals surface area contributed by atoms with Crippen molar-refractivity contribution in [2.24, 2.45) is 0 Å². The number of amides is 2. The number of nitrogens with one attached hydrogen (secondary N) is 1. The third kappa shape index (κ3) is 6.73. The Balaban J connectivity index is 2.00. The zero-order chi connectivity index (χ0) is 24.5. The van der Waals surface area contributed by atoms with E-state index in [1.54, 1.807) is 36.4 Å². The molecule has 0 heterocycles. The molecule has 0 aliphatic heterocycles. The summed E-state index contributed by atoms with van der Waals surface area (Å²) >= 11 is 0. The summed E-state index contributed by atoms with van der Waals surface area (Å²) in [6, 6.07) is 20.6. The van der Waals surface area contributed by atoms with Crippen LogP contribution in [0.4, 0.5) is 8.78 Å². The van der Waals surface area contributed by atoms with Crippen LogP contribution in [0.1, 0.15) is 37.0 Å². The minimum absolute atomic E-state index is 0.0947. The van der Waals surface area contributed by atoms with Crippen LogP contribution < -0.4 is 5.32 Å². The predicted molar refractivity (Wildman–Crippen MR) is 129 cm³/mol. The highest BCUT2D eigenvalue weighted by Gasteiger charge is 2.31. The SMILES string of the molecule is CCC(C)NC(=O)C(Cc1ccccc1)N(Cc1ccccc1F)C(=O)Cc1ccccc1F. The van der Waals surface area contributed by atoms with Crippen molar-refractivity contribution in [3.63, 3.8) is 0 Å². The molecule has 0 spiro atoms. The standard InChI is InChI=1S/C28H30F2N2O2/c1-3-20(2)31-28(34)26(17-21-11-5-4-6-12-21)32(19-23-14-8-10-16-25(23)30)27(33)18-22-13-7-9-15-24(22)29/h4-16,20,26H,3,17-19H2,1-2H3,(H,31,34). The minimum atomic E-state index is -0.893. The summed E-state index contributed by atoms with van der Waals surface area (Å²) in [4.78, 5) is 28.3. The fourth-order valence-corrected chi connectivity index (χ4v) is 3.71. The lowest BCUT2D eigenvalue weighted by molar-refractivity contribution is -0.141. The van der Waals surface area contributed by atoms with E-state index in [1.165, 1.54) is 17.0 Å². The molecule has 0 radical (unpaired) electrons. The molecule has 2 atom stereocenters. The van der Waals surface area contributed by atoms with E-state index in [4.69, 9.17) is 0 Å². The third-order valence-corrected chi connectivity index (χ3v) is 5.87. The molecule has 6 heteroatoms. The van der Waals surface area contributed by atoms with Gasteiger partial charge in [0, 0.05) is 24.6 Å². The van der Waals surface area contributed by atoms with Gasteiger partial charge < -0.3 is 10.2 Å². The maximum absolute atomic E-state index is 14.6. The maximum atomic E-state index is 14.6. The van der Waals surface area contributed by atoms with Gasteiger partial charge in [0.2, 0.25) is 11.8 Å². The number of benzene rings is 3. The maximum Gasteiger partial charge on any atom is 0.243 e. The van der Waals surface area contributed by atoms with E-state index in [1.807, 2.05) is 44.2 Å². The van der Waals surface area contributed by atoms with Gasteiger partial charge in [0.05, 0.1) is 6.42 Å². The molecule has 0 aliphatic carbocycles. The van der Waals surface area contributed by atoms with E-state index in [9.17, 15) is 18.4 Å². The van der Waals surface area contributed by atoms with Crippen molar-refractivity contribution in [1.82, 2.24) is 10.2 Å². The van der Waals surface area contributed by atoms with Gasteiger partial charge in [-0.05, 0) is 36.6 Å². The highest BCUT2D eigenvalue weighted by Crippen LogP contribution is 2.19. The molecular formula is C28H30F2N2O2. The van der Waals surface area contributed by atoms with Gasteiger partial charge in [-0.1, -0.05) is 73.7 Å². The van der Waals surface area contributed by atoms with E-state index >= 15 is 0 Å². The van der Waals surface area contributed by atoms with Crippen molar-refractivity contribution >= 4 is 11.8 Å². The average molecular weight is 465 g/mol. The lowest BCUT2D eigenvalue weighted by Crippen LogP contribution is -2.52. The summed E-state index contributed by atoms with van der Waals surface area (Å²) in [7, 11) is 0. The predicted octanol–water partition coefficient (Wildman–Crippen LogP) is 5.06. The second-order valence-electron chi connectivity index (χ2n) is 8.40. The Hall–Kier alpha value is -3.54. The number of carbonyl (C=O) groups is 2. The molecule has 3 aromatic carbocycles. The van der Waals surface area contributed by atoms with E-state index in [2.05, 4.69) is 5.32 Å². The van der Waals surface area contributed by atoms with E-state index < -0.39 is 23.6 Å². The monoisotopic (exact) mass is 464 g/mol. The molecule has 0 aromatic heterocycles. The quantitative estimate of drug-likeness (QED) is 0.456. The Morgan fingerprint density at radius 2 is 1.41 bits per heavy atom. The number of carbonyl (C=O) groups excluding carboxylic acids is 2. The fourth-order valence-electron chi connectivity index (χ4n) is 3.71. The Bertz CT molecular complexity index is 1100. The zero-order valence-electron chi connectivity index (χ0n) is 19.5. The first-order chi connectivity index (χ1) is 16.4. The van der Waals surface area contributed by atoms with Crippen LogP contribution >= 0.6 is 0 Å². The van der Waals surface area contributed by atoms with Crippen LogP contribution in [-0.4, -0.2) is 28.8 Å². The van der Waals surface area contributed by atoms with Gasteiger partial charge in [-0.2, -0.15) is 0 Å². The van der Waals surface area contributed by atoms with Crippen molar-refractivity contribution in [2.75, 3.05) is 0 Å². The van der Waals surface area contributed by atoms with Crippen LogP contribution in [0.25, 0.3) is 0 Å². The molecule has 1 N–H and O–H groups in total. The van der Waals surface area contributed by atoms with E-state index in [-0.39, 0.29) is 36.9 Å². The molecule has 3 rings (SSSR count). The summed E-state index contributed by atoms with van der Waals surface area (Å²) in [6.45, 7) is 3.74. The van der Waals surface area contributed by atoms with Crippen LogP contribution in [0.3, 0.4) is 0 Å². The lowest BCUT2D eigenvalue weighted by Gasteiger charge is -2.32. The second-order valence-corrected chi connectivity index (χ2v) is 8.40. The van der Waals surface area contributed by atoms with E-state index in [0.29, 0.717) is 5.56 Å². The number of halogens is 2. The molecule has 0 saturated heterocycles. The number of nitrogens with zero attached hydrogens (tertiary/aromatic N) is 1. The molecule has 34 heavy (non-hydrogen) atoms. The van der Waals surface area contributed by atoms with Gasteiger partial charge >= 0.3 is 0 Å². The third-order valence-electron chi connectivity index (χ3n) is 5.87. The highest BCUT2D eigenvalue weighted by molar-refractivity contribution is 5.89. The van der Waals surface area contributed by atoms with Gasteiger partial charge in [-0.15, -0.1) is 0 Å². The minimum Gasteiger partial charge on any atom is -0.352 e. The first-order valence-electron chi connectivity index (χ1n) is 11.5. The molecule has 0 saturated carbocycles. The smallest absolute Gasteiger partial charge is 0.243 e. The van der Waals surface area contributed by atoms with Crippen molar-refractivity contribution in [2.45, 2.75) is 51.7 Å². The van der Waals surface area contributed by atoms with E-state index in [0.717, 1.165) is 12.0 Å². The molecule has 178 valence electrons. The molecular weight excluding hydrogens is 434 g/mol. The van der Waals surface area contributed by atoms with Gasteiger partial charge in [-0.3, -0.25) is 9.59 Å². The van der Waals surface area contributed by atoms with Crippen LogP contribution in [0, 0.1) is 11.6 Å². The largest absolute Gasteiger partial charge is 0.352 e. The van der Waals surface area contributed by atoms with Crippen LogP contribution in [0.2, 0.25) is 0 Å². The summed E-state index contributed by atoms with van der Waals surface area (Å²) < 4.78 is 28.9. The van der Waals surface area contributed by atoms with Crippen LogP contribution in [-0.2, 0) is 29.0 Å². The molecule has 4 nitrogen and oxygen atoms in total. The molecule has 2 amide bonds. The van der Waals surface area contributed by atoms with Gasteiger partial charge in [0.1, 0.15) is 17.7 Å². The average Bonchev–Trinajstić information content (AvgIpc) is 2.84. The first-order valence-corrected chi connectivity index (χ1v) is 11.5. The van der Waals surface area contributed by atoms with Gasteiger partial charge in [0.15, 0.2) is 0 Å². The number of hydrogen-bond acceptors (Lipinski definition) is 2. The summed E-state index contributed by atoms with van der Waals surface area (Å²) in [5.41, 5.74) is 1.38. The zero-order valence-corrected chi connectivity index (χ0v) is 19.5. The van der Waals surface area contributed by atoms with Crippen molar-refractivity contribution in [3.05, 3.63) is 107 Å². The number of rotatable bonds is 10. The first kappa shape index (κ1) is 25.1. The van der Waals surface area contributed by atoms with Gasteiger partial charge in [0.25, 0.3) is 0 Å². The second kappa shape index (κ2) is 12.1. The molecule has 0 fully saturated rings. The topological polar surface area (TPSA) is 49.4 Å². The number of hydrogen-bond donors (Lipinski definition) is 1. The molecule has 2 unspecified atom stereocenters. The van der Waals surface area contributed by atoms with Crippen LogP contribution in [0.15, 0.2) is 78.9 Å². The van der Waals surface area contributed by atoms with Crippen molar-refractivity contribution in [3.8, 4) is 0 Å². The van der Waals surface area contributed by atoms with Gasteiger partial charge in [-0.25, -0.2) is 8.78 Å². The Morgan fingerprint density at radius 1 is 0.853 bits per heavy atom. The lowest BCUT2D eigenvalue weighted by atomic mass is 10.0. The fraction of sp³-hybridized carbons (Fsp3) is 0.286. The van der Waals surface area contributed by atoms with Crippen LogP contribution in [0.5, 0.6) is 0 Å². The Kier molecular flexibility index (Phi) is 8.91. The summed E-state index contributed by atoms with van der Waals surface area (Å²) in [6.07, 6.45) is 0.740. The van der Waals surface area contributed by atoms with Crippen molar-refractivity contribution in [1.29, 1.82) is 0 Å². The van der Waals surface area contributed by atoms with Crippen molar-refractivity contribution < 1.29 is 18.4 Å².